The average molecular weight is 451 g/mol. The number of hydrogen-bond acceptors (Lipinski definition) is 10. The summed E-state index contributed by atoms with van der Waals surface area (Å²) in [7, 11) is 1.16. The largest absolute Gasteiger partial charge is 0.479 e. The molecule has 12 nitrogen and oxygen atoms in total. The van der Waals surface area contributed by atoms with Gasteiger partial charge in [-0.05, 0) is 5.41 Å². The average Bonchev–Trinajstić information content (AvgIpc) is 2.66. The molecule has 0 radical (unpaired) electrons. The van der Waals surface area contributed by atoms with Crippen LogP contribution in [0, 0.1) is 5.41 Å². The monoisotopic (exact) mass is 451 g/mol. The molecule has 0 aromatic carbocycles. The van der Waals surface area contributed by atoms with Crippen LogP contribution < -0.4 is 5.32 Å². The quantitative estimate of drug-likeness (QED) is 0.253. The summed E-state index contributed by atoms with van der Waals surface area (Å²) in [5.41, 5.74) is -0.571. The highest BCUT2D eigenvalue weighted by molar-refractivity contribution is 5.74. The number of amides is 1. The van der Waals surface area contributed by atoms with Crippen LogP contribution >= 0.6 is 0 Å². The van der Waals surface area contributed by atoms with E-state index in [0.29, 0.717) is 0 Å². The molecule has 0 aliphatic carbocycles. The van der Waals surface area contributed by atoms with Gasteiger partial charge in [0, 0.05) is 14.0 Å². The highest BCUT2D eigenvalue weighted by Gasteiger charge is 2.54. The predicted octanol–water partition coefficient (Wildman–Crippen LogP) is -2.41. The Kier molecular flexibility index (Phi) is 8.39. The van der Waals surface area contributed by atoms with Crippen molar-refractivity contribution in [1.29, 1.82) is 0 Å². The van der Waals surface area contributed by atoms with Crippen LogP contribution in [0.3, 0.4) is 0 Å². The fourth-order valence-corrected chi connectivity index (χ4v) is 3.97. The Hall–Kier alpha value is -1.38. The molecule has 6 N–H and O–H groups in total. The van der Waals surface area contributed by atoms with Crippen molar-refractivity contribution >= 4 is 11.9 Å². The Balaban J connectivity index is 2.38. The molecular weight excluding hydrogens is 418 g/mol. The van der Waals surface area contributed by atoms with Crippen LogP contribution in [0.2, 0.25) is 0 Å². The molecule has 31 heavy (non-hydrogen) atoms. The lowest BCUT2D eigenvalue weighted by Crippen LogP contribution is -2.69. The number of carbonyl (C=O) groups is 2. The lowest BCUT2D eigenvalue weighted by molar-refractivity contribution is -0.331. The number of carbonyl (C=O) groups excluding carboxylic acids is 1. The molecule has 10 atom stereocenters. The minimum Gasteiger partial charge on any atom is -0.479 e. The van der Waals surface area contributed by atoms with Gasteiger partial charge in [-0.25, -0.2) is 4.79 Å². The van der Waals surface area contributed by atoms with E-state index in [9.17, 15) is 35.1 Å². The first-order valence-electron chi connectivity index (χ1n) is 9.97. The lowest BCUT2D eigenvalue weighted by atomic mass is 9.78. The molecule has 2 fully saturated rings. The normalized spacial score (nSPS) is 41.6. The third-order valence-electron chi connectivity index (χ3n) is 5.47. The maximum Gasteiger partial charge on any atom is 0.335 e. The van der Waals surface area contributed by atoms with Crippen molar-refractivity contribution < 1.29 is 54.1 Å². The van der Waals surface area contributed by atoms with Crippen LogP contribution in [-0.2, 0) is 28.5 Å². The highest BCUT2D eigenvalue weighted by atomic mass is 16.7. The van der Waals surface area contributed by atoms with Crippen molar-refractivity contribution in [2.45, 2.75) is 88.9 Å². The zero-order valence-corrected chi connectivity index (χ0v) is 18.2. The van der Waals surface area contributed by atoms with E-state index in [1.807, 2.05) is 20.8 Å². The maximum absolute atomic E-state index is 11.9. The van der Waals surface area contributed by atoms with Crippen LogP contribution in [0.5, 0.6) is 0 Å². The summed E-state index contributed by atoms with van der Waals surface area (Å²) in [5, 5.41) is 53.3. The van der Waals surface area contributed by atoms with Gasteiger partial charge in [0.2, 0.25) is 5.91 Å². The van der Waals surface area contributed by atoms with Gasteiger partial charge < -0.3 is 49.8 Å². The number of carboxylic acid groups (broad SMARTS) is 1. The molecule has 2 aliphatic heterocycles. The first-order chi connectivity index (χ1) is 14.3. The van der Waals surface area contributed by atoms with Crippen LogP contribution in [-0.4, -0.2) is 112 Å². The van der Waals surface area contributed by atoms with Gasteiger partial charge in [0.1, 0.15) is 36.6 Å². The van der Waals surface area contributed by atoms with Crippen molar-refractivity contribution in [3.63, 3.8) is 0 Å². The van der Waals surface area contributed by atoms with Gasteiger partial charge in [0.15, 0.2) is 12.4 Å². The van der Waals surface area contributed by atoms with Gasteiger partial charge in [-0.2, -0.15) is 0 Å². The second-order valence-corrected chi connectivity index (χ2v) is 8.91. The smallest absolute Gasteiger partial charge is 0.335 e. The maximum atomic E-state index is 11.9. The fraction of sp³-hybridized carbons (Fsp3) is 0.895. The first kappa shape index (κ1) is 25.9. The van der Waals surface area contributed by atoms with E-state index in [1.54, 1.807) is 0 Å². The molecule has 0 bridgehead atoms. The topological polar surface area (TPSA) is 184 Å². The second kappa shape index (κ2) is 10.0. The number of nitrogens with one attached hydrogen (secondary N) is 1. The summed E-state index contributed by atoms with van der Waals surface area (Å²) in [6, 6.07) is -0.938. The summed E-state index contributed by atoms with van der Waals surface area (Å²) >= 11 is 0. The lowest BCUT2D eigenvalue weighted by Gasteiger charge is -2.50. The van der Waals surface area contributed by atoms with Crippen LogP contribution in [0.1, 0.15) is 27.7 Å². The van der Waals surface area contributed by atoms with Crippen LogP contribution in [0.25, 0.3) is 0 Å². The number of aliphatic carboxylic acids is 1. The minimum atomic E-state index is -1.71. The minimum absolute atomic E-state index is 0.445. The van der Waals surface area contributed by atoms with E-state index in [-0.39, 0.29) is 0 Å². The number of ether oxygens (including phenoxy) is 4. The van der Waals surface area contributed by atoms with Crippen molar-refractivity contribution in [3.8, 4) is 0 Å². The first-order valence-corrected chi connectivity index (χ1v) is 9.97. The zero-order valence-electron chi connectivity index (χ0n) is 18.2. The van der Waals surface area contributed by atoms with E-state index in [4.69, 9.17) is 18.9 Å². The summed E-state index contributed by atoms with van der Waals surface area (Å²) in [6.07, 6.45) is -12.6. The third-order valence-corrected chi connectivity index (χ3v) is 5.47. The molecule has 0 saturated carbocycles. The van der Waals surface area contributed by atoms with Crippen molar-refractivity contribution in [1.82, 2.24) is 5.32 Å². The molecular formula is C19H33NO11. The number of aliphatic hydroxyl groups excluding tert-OH is 4. The van der Waals surface area contributed by atoms with E-state index >= 15 is 0 Å². The van der Waals surface area contributed by atoms with Gasteiger partial charge in [-0.1, -0.05) is 20.8 Å². The van der Waals surface area contributed by atoms with Crippen LogP contribution in [0.15, 0.2) is 0 Å². The van der Waals surface area contributed by atoms with Crippen molar-refractivity contribution in [2.24, 2.45) is 5.41 Å². The number of methoxy groups -OCH3 is 1. The summed E-state index contributed by atoms with van der Waals surface area (Å²) in [5.74, 6) is -1.89. The molecule has 12 heteroatoms. The highest BCUT2D eigenvalue weighted by Crippen LogP contribution is 2.36. The van der Waals surface area contributed by atoms with E-state index in [1.165, 1.54) is 6.92 Å². The summed E-state index contributed by atoms with van der Waals surface area (Å²) in [6.45, 7) is 6.19. The number of aliphatic hydroxyl groups is 4. The third kappa shape index (κ3) is 5.52. The molecule has 2 rings (SSSR count). The number of hydrogen-bond donors (Lipinski definition) is 6. The van der Waals surface area contributed by atoms with Gasteiger partial charge in [-0.3, -0.25) is 4.79 Å². The van der Waals surface area contributed by atoms with Gasteiger partial charge in [0.25, 0.3) is 0 Å². The molecule has 2 aliphatic rings. The Labute approximate surface area is 180 Å². The Bertz CT molecular complexity index is 639. The van der Waals surface area contributed by atoms with E-state index in [0.717, 1.165) is 7.11 Å². The Morgan fingerprint density at radius 1 is 1.03 bits per heavy atom. The molecule has 0 spiro atoms. The number of rotatable bonds is 6. The van der Waals surface area contributed by atoms with E-state index in [2.05, 4.69) is 5.32 Å². The Morgan fingerprint density at radius 2 is 1.65 bits per heavy atom. The number of carboxylic acids is 1. The second-order valence-electron chi connectivity index (χ2n) is 8.91. The summed E-state index contributed by atoms with van der Waals surface area (Å²) < 4.78 is 21.9. The van der Waals surface area contributed by atoms with E-state index < -0.39 is 85.1 Å². The molecule has 0 aromatic heterocycles. The standard InChI is InChI=1S/C19H33NO11/c1-7(22)20-9-13(10(23)8(6-21)29-16(9)19(2,3)4)30-18-12(25)11(24)14(28-5)15(31-18)17(26)27/h8-16,18,21,23-25H,6H2,1-5H3,(H,20,22)(H,26,27)/t8?,9-,10-,11+,12?,13?,14-,15?,16+,18+/m0/s1. The molecule has 4 unspecified atom stereocenters. The molecule has 2 heterocycles. The van der Waals surface area contributed by atoms with Crippen molar-refractivity contribution in [3.05, 3.63) is 0 Å². The van der Waals surface area contributed by atoms with Crippen molar-refractivity contribution in [2.75, 3.05) is 13.7 Å². The molecule has 0 aromatic rings. The van der Waals surface area contributed by atoms with Crippen LogP contribution in [0.4, 0.5) is 0 Å². The molecule has 180 valence electrons. The Morgan fingerprint density at radius 3 is 2.10 bits per heavy atom. The SMILES string of the molecule is CO[C@@H]1C(C(=O)O)O[C@@H](OC2[C@@H](O)C(CO)O[C@@H](C(C)(C)C)[C@H]2NC(C)=O)C(O)[C@H]1O. The molecule has 2 saturated heterocycles. The van der Waals surface area contributed by atoms with Gasteiger partial charge >= 0.3 is 5.97 Å². The fourth-order valence-electron chi connectivity index (χ4n) is 3.97. The van der Waals surface area contributed by atoms with Gasteiger partial charge in [0.05, 0.1) is 18.8 Å². The zero-order chi connectivity index (χ0) is 23.7. The summed E-state index contributed by atoms with van der Waals surface area (Å²) in [4.78, 5) is 23.4. The van der Waals surface area contributed by atoms with Gasteiger partial charge in [-0.15, -0.1) is 0 Å². The predicted molar refractivity (Wildman–Crippen MR) is 103 cm³/mol. The molecule has 1 amide bonds.